The molecule has 5 nitrogen and oxygen atoms in total. The van der Waals surface area contributed by atoms with Crippen LogP contribution in [0.25, 0.3) is 0 Å². The number of amidine groups is 1. The van der Waals surface area contributed by atoms with Gasteiger partial charge in [0.25, 0.3) is 5.91 Å². The second kappa shape index (κ2) is 2.33. The monoisotopic (exact) mass is 212 g/mol. The third kappa shape index (κ3) is 0.563. The molecular weight excluding hydrogens is 204 g/mol. The molecule has 0 saturated heterocycles. The molecule has 5 heteroatoms. The van der Waals surface area contributed by atoms with Gasteiger partial charge in [0.15, 0.2) is 5.41 Å². The van der Waals surface area contributed by atoms with Crippen LogP contribution in [0.3, 0.4) is 0 Å². The molecule has 1 heterocycles. The smallest absolute Gasteiger partial charge is 0.270 e. The molecule has 78 valence electrons. The fourth-order valence-corrected chi connectivity index (χ4v) is 3.38. The molecular formula is C11H8N4O. The number of rotatable bonds is 0. The van der Waals surface area contributed by atoms with Crippen LogP contribution in [0.1, 0.15) is 6.42 Å². The van der Waals surface area contributed by atoms with Gasteiger partial charge < -0.3 is 5.73 Å². The van der Waals surface area contributed by atoms with E-state index < -0.39 is 16.7 Å². The number of nitrogens with two attached hydrogens (primary N) is 1. The number of hydrogen-bond donors (Lipinski definition) is 1. The van der Waals surface area contributed by atoms with Crippen molar-refractivity contribution in [1.29, 1.82) is 10.5 Å². The maximum absolute atomic E-state index is 11.9. The Morgan fingerprint density at radius 1 is 1.31 bits per heavy atom. The molecule has 0 aromatic rings. The third-order valence-electron chi connectivity index (χ3n) is 4.13. The minimum atomic E-state index is -1.37. The van der Waals surface area contributed by atoms with Gasteiger partial charge in [-0.15, -0.1) is 0 Å². The van der Waals surface area contributed by atoms with Gasteiger partial charge in [-0.05, 0) is 6.42 Å². The number of nitrogens with zero attached hydrogens (tertiary/aromatic N) is 3. The summed E-state index contributed by atoms with van der Waals surface area (Å²) in [4.78, 5) is 15.6. The lowest BCUT2D eigenvalue weighted by molar-refractivity contribution is -0.126. The molecule has 3 aliphatic rings. The lowest BCUT2D eigenvalue weighted by Crippen LogP contribution is -2.50. The summed E-state index contributed by atoms with van der Waals surface area (Å²) in [5.41, 5.74) is 3.13. The Morgan fingerprint density at radius 3 is 2.38 bits per heavy atom. The highest BCUT2D eigenvalue weighted by atomic mass is 16.2. The van der Waals surface area contributed by atoms with Crippen LogP contribution in [-0.2, 0) is 4.79 Å². The predicted molar refractivity (Wildman–Crippen MR) is 53.5 cm³/mol. The molecule has 4 atom stereocenters. The molecule has 2 N–H and O–H groups in total. The Balaban J connectivity index is 2.37. The van der Waals surface area contributed by atoms with Crippen molar-refractivity contribution in [2.75, 3.05) is 0 Å². The first kappa shape index (κ1) is 9.11. The Bertz CT molecular complexity index is 549. The number of nitriles is 2. The molecule has 0 unspecified atom stereocenters. The number of aliphatic imine (C=N–C) groups is 1. The zero-order valence-corrected chi connectivity index (χ0v) is 8.34. The van der Waals surface area contributed by atoms with Gasteiger partial charge in [-0.2, -0.15) is 15.5 Å². The Labute approximate surface area is 91.9 Å². The van der Waals surface area contributed by atoms with E-state index in [4.69, 9.17) is 5.73 Å². The summed E-state index contributed by atoms with van der Waals surface area (Å²) >= 11 is 0. The highest BCUT2D eigenvalue weighted by Gasteiger charge is 2.76. The first-order valence-electron chi connectivity index (χ1n) is 5.03. The fraction of sp³-hybridized carbons (Fsp3) is 0.455. The molecule has 0 aromatic carbocycles. The van der Waals surface area contributed by atoms with Gasteiger partial charge in [0.2, 0.25) is 0 Å². The molecule has 2 bridgehead atoms. The average Bonchev–Trinajstić information content (AvgIpc) is 2.89. The molecule has 0 aromatic heterocycles. The third-order valence-corrected chi connectivity index (χ3v) is 4.13. The number of allylic oxidation sites excluding steroid dienone is 2. The van der Waals surface area contributed by atoms with Crippen LogP contribution in [0.5, 0.6) is 0 Å². The lowest BCUT2D eigenvalue weighted by Gasteiger charge is -2.34. The SMILES string of the molecule is N#C[C@]12C(=O)N=C(N)[C@]1(C#N)[C@H]1C=C[C@H]2C1. The molecule has 2 aliphatic carbocycles. The van der Waals surface area contributed by atoms with Crippen molar-refractivity contribution in [1.82, 2.24) is 0 Å². The second-order valence-electron chi connectivity index (χ2n) is 4.48. The summed E-state index contributed by atoms with van der Waals surface area (Å²) < 4.78 is 0. The van der Waals surface area contributed by atoms with E-state index in [0.717, 1.165) is 0 Å². The molecule has 1 saturated carbocycles. The van der Waals surface area contributed by atoms with Crippen molar-refractivity contribution in [3.05, 3.63) is 12.2 Å². The maximum atomic E-state index is 11.9. The summed E-state index contributed by atoms with van der Waals surface area (Å²) in [6, 6.07) is 4.12. The van der Waals surface area contributed by atoms with Gasteiger partial charge in [0, 0.05) is 11.8 Å². The number of amides is 1. The van der Waals surface area contributed by atoms with Crippen LogP contribution < -0.4 is 5.73 Å². The van der Waals surface area contributed by atoms with E-state index in [1.807, 2.05) is 18.2 Å². The van der Waals surface area contributed by atoms with Gasteiger partial charge >= 0.3 is 0 Å². The molecule has 0 radical (unpaired) electrons. The van der Waals surface area contributed by atoms with E-state index in [9.17, 15) is 15.3 Å². The summed E-state index contributed by atoms with van der Waals surface area (Å²) in [6.45, 7) is 0. The van der Waals surface area contributed by atoms with Crippen molar-refractivity contribution in [3.63, 3.8) is 0 Å². The number of carbonyl (C=O) groups excluding carboxylic acids is 1. The summed E-state index contributed by atoms with van der Waals surface area (Å²) in [7, 11) is 0. The van der Waals surface area contributed by atoms with Crippen LogP contribution in [0.4, 0.5) is 0 Å². The molecule has 1 amide bonds. The molecule has 16 heavy (non-hydrogen) atoms. The molecule has 1 aliphatic heterocycles. The summed E-state index contributed by atoms with van der Waals surface area (Å²) in [6.07, 6.45) is 4.36. The van der Waals surface area contributed by atoms with Crippen molar-refractivity contribution in [3.8, 4) is 12.1 Å². The first-order chi connectivity index (χ1) is 7.63. The number of fused-ring (bicyclic) bond motifs is 5. The normalized spacial score (nSPS) is 47.4. The maximum Gasteiger partial charge on any atom is 0.270 e. The van der Waals surface area contributed by atoms with E-state index in [0.29, 0.717) is 6.42 Å². The minimum Gasteiger partial charge on any atom is -0.386 e. The Morgan fingerprint density at radius 2 is 1.88 bits per heavy atom. The van der Waals surface area contributed by atoms with Crippen LogP contribution in [-0.4, -0.2) is 11.7 Å². The Kier molecular flexibility index (Phi) is 1.33. The zero-order valence-electron chi connectivity index (χ0n) is 8.34. The van der Waals surface area contributed by atoms with Crippen LogP contribution in [0, 0.1) is 45.3 Å². The highest BCUT2D eigenvalue weighted by molar-refractivity contribution is 6.12. The Hall–Kier alpha value is -2.14. The van der Waals surface area contributed by atoms with E-state index in [1.54, 1.807) is 0 Å². The van der Waals surface area contributed by atoms with E-state index >= 15 is 0 Å². The lowest BCUT2D eigenvalue weighted by atomic mass is 9.60. The van der Waals surface area contributed by atoms with Crippen molar-refractivity contribution in [2.45, 2.75) is 6.42 Å². The summed E-state index contributed by atoms with van der Waals surface area (Å²) in [5.74, 6) is -0.916. The highest BCUT2D eigenvalue weighted by Crippen LogP contribution is 2.66. The van der Waals surface area contributed by atoms with Crippen molar-refractivity contribution in [2.24, 2.45) is 33.4 Å². The quantitative estimate of drug-likeness (QED) is 0.575. The number of hydrogen-bond acceptors (Lipinski definition) is 4. The predicted octanol–water partition coefficient (Wildman–Crippen LogP) is 0.110. The average molecular weight is 212 g/mol. The zero-order chi connectivity index (χ0) is 11.6. The van der Waals surface area contributed by atoms with Crippen molar-refractivity contribution < 1.29 is 4.79 Å². The van der Waals surface area contributed by atoms with E-state index in [2.05, 4.69) is 11.1 Å². The molecule has 3 rings (SSSR count). The van der Waals surface area contributed by atoms with Crippen LogP contribution in [0.2, 0.25) is 0 Å². The molecule has 0 spiro atoms. The summed E-state index contributed by atoms with van der Waals surface area (Å²) in [5, 5.41) is 18.7. The fourth-order valence-electron chi connectivity index (χ4n) is 3.38. The van der Waals surface area contributed by atoms with E-state index in [-0.39, 0.29) is 17.7 Å². The van der Waals surface area contributed by atoms with Gasteiger partial charge in [-0.3, -0.25) is 4.79 Å². The topological polar surface area (TPSA) is 103 Å². The largest absolute Gasteiger partial charge is 0.386 e. The first-order valence-corrected chi connectivity index (χ1v) is 5.03. The minimum absolute atomic E-state index is 0.0124. The van der Waals surface area contributed by atoms with Gasteiger partial charge in [0.05, 0.1) is 12.1 Å². The van der Waals surface area contributed by atoms with Crippen LogP contribution in [0.15, 0.2) is 17.1 Å². The molecule has 1 fully saturated rings. The second-order valence-corrected chi connectivity index (χ2v) is 4.48. The van der Waals surface area contributed by atoms with Gasteiger partial charge in [0.1, 0.15) is 11.3 Å². The van der Waals surface area contributed by atoms with Gasteiger partial charge in [-0.1, -0.05) is 12.2 Å². The van der Waals surface area contributed by atoms with E-state index in [1.165, 1.54) is 0 Å². The standard InChI is InChI=1S/C11H8N4O/c12-4-10-6-1-2-7(3-6)11(10,5-13)9(16)15-8(10)14/h1-2,6-7H,3H2,(H2,14,15,16)/t6-,7-,10-,11-/m0/s1. The van der Waals surface area contributed by atoms with Crippen molar-refractivity contribution >= 4 is 11.7 Å². The number of carbonyl (C=O) groups is 1. The van der Waals surface area contributed by atoms with Gasteiger partial charge in [-0.25, -0.2) is 0 Å². The van der Waals surface area contributed by atoms with Crippen LogP contribution >= 0.6 is 0 Å².